The molecule has 0 bridgehead atoms. The maximum atomic E-state index is 14.0. The molecule has 2 N–H and O–H groups in total. The average Bonchev–Trinajstić information content (AvgIpc) is 2.35. The van der Waals surface area contributed by atoms with Crippen LogP contribution in [-0.2, 0) is 6.42 Å². The Balaban J connectivity index is 2.30. The zero-order chi connectivity index (χ0) is 13.8. The molecule has 100 valence electrons. The summed E-state index contributed by atoms with van der Waals surface area (Å²) < 4.78 is 14.0. The lowest BCUT2D eigenvalue weighted by atomic mass is 10.1. The van der Waals surface area contributed by atoms with Gasteiger partial charge in [-0.3, -0.25) is 0 Å². The van der Waals surface area contributed by atoms with Gasteiger partial charge in [-0.05, 0) is 49.2 Å². The van der Waals surface area contributed by atoms with Crippen molar-refractivity contribution in [2.75, 3.05) is 0 Å². The number of rotatable bonds is 4. The smallest absolute Gasteiger partial charge is 0.137 e. The van der Waals surface area contributed by atoms with Crippen LogP contribution in [-0.4, -0.2) is 6.04 Å². The van der Waals surface area contributed by atoms with Crippen LogP contribution < -0.4 is 5.73 Å². The molecule has 1 unspecified atom stereocenters. The third-order valence-electron chi connectivity index (χ3n) is 2.62. The van der Waals surface area contributed by atoms with Crippen LogP contribution in [0.3, 0.4) is 0 Å². The van der Waals surface area contributed by atoms with Gasteiger partial charge in [0.2, 0.25) is 0 Å². The van der Waals surface area contributed by atoms with E-state index in [0.29, 0.717) is 16.3 Å². The molecule has 0 saturated heterocycles. The van der Waals surface area contributed by atoms with Gasteiger partial charge in [0.15, 0.2) is 0 Å². The van der Waals surface area contributed by atoms with E-state index in [1.54, 1.807) is 18.2 Å². The van der Waals surface area contributed by atoms with Crippen LogP contribution in [0.4, 0.5) is 4.39 Å². The van der Waals surface area contributed by atoms with Gasteiger partial charge < -0.3 is 5.73 Å². The monoisotopic (exact) mass is 295 g/mol. The second-order valence-electron chi connectivity index (χ2n) is 4.47. The standard InChI is InChI=1S/C15H15ClFNS/c1-10(18)9-11-3-2-4-14(17)15(11)19-13-7-5-12(16)6-8-13/h2-8,10H,9,18H2,1H3. The lowest BCUT2D eigenvalue weighted by molar-refractivity contribution is 0.593. The highest BCUT2D eigenvalue weighted by atomic mass is 35.5. The minimum atomic E-state index is -0.210. The predicted molar refractivity (Wildman–Crippen MR) is 79.3 cm³/mol. The summed E-state index contributed by atoms with van der Waals surface area (Å²) in [6.07, 6.45) is 0.660. The fraction of sp³-hybridized carbons (Fsp3) is 0.200. The fourth-order valence-corrected chi connectivity index (χ4v) is 2.88. The normalized spacial score (nSPS) is 12.4. The van der Waals surface area contributed by atoms with Crippen molar-refractivity contribution in [3.05, 3.63) is 58.9 Å². The van der Waals surface area contributed by atoms with Gasteiger partial charge in [-0.2, -0.15) is 0 Å². The second kappa shape index (κ2) is 6.42. The molecular weight excluding hydrogens is 281 g/mol. The topological polar surface area (TPSA) is 26.0 Å². The maximum absolute atomic E-state index is 14.0. The lowest BCUT2D eigenvalue weighted by Gasteiger charge is -2.12. The van der Waals surface area contributed by atoms with E-state index < -0.39 is 0 Å². The number of benzene rings is 2. The first-order chi connectivity index (χ1) is 9.06. The van der Waals surface area contributed by atoms with Gasteiger partial charge in [0.05, 0.1) is 4.90 Å². The molecule has 1 nitrogen and oxygen atoms in total. The maximum Gasteiger partial charge on any atom is 0.137 e. The highest BCUT2D eigenvalue weighted by Crippen LogP contribution is 2.33. The summed E-state index contributed by atoms with van der Waals surface area (Å²) in [6.45, 7) is 1.92. The molecule has 0 heterocycles. The third kappa shape index (κ3) is 3.96. The highest BCUT2D eigenvalue weighted by Gasteiger charge is 2.11. The van der Waals surface area contributed by atoms with Gasteiger partial charge in [0.25, 0.3) is 0 Å². The Hall–Kier alpha value is -1.03. The van der Waals surface area contributed by atoms with E-state index in [1.165, 1.54) is 17.8 Å². The molecule has 0 saturated carbocycles. The number of halogens is 2. The number of nitrogens with two attached hydrogens (primary N) is 1. The van der Waals surface area contributed by atoms with Crippen LogP contribution in [0, 0.1) is 5.82 Å². The van der Waals surface area contributed by atoms with Crippen LogP contribution in [0.2, 0.25) is 5.02 Å². The van der Waals surface area contributed by atoms with Crippen LogP contribution in [0.1, 0.15) is 12.5 Å². The third-order valence-corrected chi connectivity index (χ3v) is 4.05. The van der Waals surface area contributed by atoms with Crippen LogP contribution >= 0.6 is 23.4 Å². The molecule has 0 amide bonds. The van der Waals surface area contributed by atoms with Crippen molar-refractivity contribution in [1.29, 1.82) is 0 Å². The lowest BCUT2D eigenvalue weighted by Crippen LogP contribution is -2.18. The Morgan fingerprint density at radius 2 is 1.89 bits per heavy atom. The van der Waals surface area contributed by atoms with Crippen LogP contribution in [0.25, 0.3) is 0 Å². The van der Waals surface area contributed by atoms with Crippen molar-refractivity contribution < 1.29 is 4.39 Å². The predicted octanol–water partition coefficient (Wildman–Crippen LogP) is 4.52. The molecule has 4 heteroatoms. The quantitative estimate of drug-likeness (QED) is 0.897. The molecule has 1 atom stereocenters. The first-order valence-corrected chi connectivity index (χ1v) is 7.22. The summed E-state index contributed by atoms with van der Waals surface area (Å²) in [5.74, 6) is -0.210. The molecule has 0 aromatic heterocycles. The van der Waals surface area contributed by atoms with Gasteiger partial charge >= 0.3 is 0 Å². The van der Waals surface area contributed by atoms with E-state index in [2.05, 4.69) is 0 Å². The summed E-state index contributed by atoms with van der Waals surface area (Å²) >= 11 is 7.25. The highest BCUT2D eigenvalue weighted by molar-refractivity contribution is 7.99. The van der Waals surface area contributed by atoms with Gasteiger partial charge in [-0.25, -0.2) is 4.39 Å². The average molecular weight is 296 g/mol. The van der Waals surface area contributed by atoms with Gasteiger partial charge in [0.1, 0.15) is 5.82 Å². The van der Waals surface area contributed by atoms with Crippen molar-refractivity contribution in [2.45, 2.75) is 29.2 Å². The van der Waals surface area contributed by atoms with Crippen molar-refractivity contribution in [2.24, 2.45) is 5.73 Å². The Kier molecular flexibility index (Phi) is 4.86. The Morgan fingerprint density at radius 3 is 2.53 bits per heavy atom. The molecule has 2 aromatic rings. The molecular formula is C15H15ClFNS. The molecule has 0 radical (unpaired) electrons. The molecule has 2 aromatic carbocycles. The van der Waals surface area contributed by atoms with E-state index in [9.17, 15) is 4.39 Å². The van der Waals surface area contributed by atoms with E-state index in [0.717, 1.165) is 10.5 Å². The summed E-state index contributed by atoms with van der Waals surface area (Å²) in [4.78, 5) is 1.60. The molecule has 19 heavy (non-hydrogen) atoms. The fourth-order valence-electron chi connectivity index (χ4n) is 1.80. The summed E-state index contributed by atoms with van der Waals surface area (Å²) in [6, 6.07) is 12.5. The number of hydrogen-bond acceptors (Lipinski definition) is 2. The van der Waals surface area contributed by atoms with E-state index in [-0.39, 0.29) is 11.9 Å². The Labute approximate surface area is 122 Å². The Bertz CT molecular complexity index is 555. The van der Waals surface area contributed by atoms with E-state index in [1.807, 2.05) is 25.1 Å². The molecule has 0 spiro atoms. The van der Waals surface area contributed by atoms with Gasteiger partial charge in [-0.15, -0.1) is 0 Å². The van der Waals surface area contributed by atoms with Crippen molar-refractivity contribution >= 4 is 23.4 Å². The number of hydrogen-bond donors (Lipinski definition) is 1. The first-order valence-electron chi connectivity index (χ1n) is 6.02. The van der Waals surface area contributed by atoms with Crippen molar-refractivity contribution in [3.63, 3.8) is 0 Å². The first kappa shape index (κ1) is 14.4. The van der Waals surface area contributed by atoms with Gasteiger partial charge in [0, 0.05) is 16.0 Å². The van der Waals surface area contributed by atoms with Crippen molar-refractivity contribution in [3.8, 4) is 0 Å². The molecule has 0 aliphatic rings. The second-order valence-corrected chi connectivity index (χ2v) is 5.99. The minimum Gasteiger partial charge on any atom is -0.328 e. The molecule has 0 aliphatic heterocycles. The zero-order valence-electron chi connectivity index (χ0n) is 10.6. The SMILES string of the molecule is CC(N)Cc1cccc(F)c1Sc1ccc(Cl)cc1. The van der Waals surface area contributed by atoms with Crippen LogP contribution in [0.15, 0.2) is 52.3 Å². The summed E-state index contributed by atoms with van der Waals surface area (Å²) in [7, 11) is 0. The molecule has 0 fully saturated rings. The van der Waals surface area contributed by atoms with E-state index >= 15 is 0 Å². The van der Waals surface area contributed by atoms with Crippen molar-refractivity contribution in [1.82, 2.24) is 0 Å². The van der Waals surface area contributed by atoms with Crippen LogP contribution in [0.5, 0.6) is 0 Å². The van der Waals surface area contributed by atoms with E-state index in [4.69, 9.17) is 17.3 Å². The summed E-state index contributed by atoms with van der Waals surface area (Å²) in [5.41, 5.74) is 6.75. The Morgan fingerprint density at radius 1 is 1.21 bits per heavy atom. The molecule has 0 aliphatic carbocycles. The largest absolute Gasteiger partial charge is 0.328 e. The minimum absolute atomic E-state index is 0.00590. The summed E-state index contributed by atoms with van der Waals surface area (Å²) in [5, 5.41) is 0.675. The van der Waals surface area contributed by atoms with Gasteiger partial charge in [-0.1, -0.05) is 35.5 Å². The zero-order valence-corrected chi connectivity index (χ0v) is 12.1. The molecule has 2 rings (SSSR count).